The molecule has 0 heterocycles. The molecule has 35 heavy (non-hydrogen) atoms. The first-order chi connectivity index (χ1) is 16.1. The van der Waals surface area contributed by atoms with Crippen molar-refractivity contribution < 1.29 is 55.5 Å². The number of azo groups is 2. The van der Waals surface area contributed by atoms with Crippen LogP contribution in [0, 0.1) is 0 Å². The molecule has 4 rings (SSSR count). The van der Waals surface area contributed by atoms with Crippen LogP contribution in [0.15, 0.2) is 115 Å². The standard InChI is InChI=1S/C22H16N4O6S2.Na/c27-33(28,29)18-11-8-16(9-12-18)23-24-17-10-13-21(22(14-17)34(30,31)32)26-25-20-7-3-5-15-4-1-2-6-19(15)20;/h1-14H,(H,27,28,29)(H,30,31,32);/q;+1. The molecule has 0 aromatic heterocycles. The molecule has 0 aliphatic heterocycles. The summed E-state index contributed by atoms with van der Waals surface area (Å²) in [7, 11) is -9.00. The van der Waals surface area contributed by atoms with Crippen molar-refractivity contribution in [2.75, 3.05) is 0 Å². The first kappa shape index (κ1) is 26.8. The van der Waals surface area contributed by atoms with Gasteiger partial charge in [0, 0.05) is 5.39 Å². The Labute approximate surface area is 223 Å². The van der Waals surface area contributed by atoms with E-state index >= 15 is 0 Å². The fraction of sp³-hybridized carbons (Fsp3) is 0. The van der Waals surface area contributed by atoms with Gasteiger partial charge in [-0.1, -0.05) is 36.4 Å². The van der Waals surface area contributed by atoms with Crippen LogP contribution in [0.1, 0.15) is 0 Å². The molecule has 0 fully saturated rings. The Morgan fingerprint density at radius 3 is 1.86 bits per heavy atom. The van der Waals surface area contributed by atoms with Crippen molar-refractivity contribution in [1.82, 2.24) is 0 Å². The third-order valence-electron chi connectivity index (χ3n) is 4.67. The van der Waals surface area contributed by atoms with Crippen molar-refractivity contribution in [3.8, 4) is 0 Å². The van der Waals surface area contributed by atoms with Gasteiger partial charge in [-0.15, -0.1) is 10.2 Å². The van der Waals surface area contributed by atoms with Crippen molar-refractivity contribution in [1.29, 1.82) is 0 Å². The van der Waals surface area contributed by atoms with Gasteiger partial charge in [0.25, 0.3) is 20.2 Å². The Balaban J connectivity index is 0.00000342. The molecule has 4 aromatic rings. The summed E-state index contributed by atoms with van der Waals surface area (Å²) in [5.74, 6) is 0. The van der Waals surface area contributed by atoms with Gasteiger partial charge in [-0.05, 0) is 53.9 Å². The third-order valence-corrected chi connectivity index (χ3v) is 6.42. The Morgan fingerprint density at radius 2 is 1.17 bits per heavy atom. The van der Waals surface area contributed by atoms with Crippen LogP contribution in [0.3, 0.4) is 0 Å². The summed E-state index contributed by atoms with van der Waals surface area (Å²) in [5, 5.41) is 17.7. The minimum absolute atomic E-state index is 0. The number of rotatable bonds is 6. The summed E-state index contributed by atoms with van der Waals surface area (Å²) in [6.07, 6.45) is 0. The van der Waals surface area contributed by atoms with Gasteiger partial charge in [0.15, 0.2) is 0 Å². The molecule has 0 saturated heterocycles. The van der Waals surface area contributed by atoms with Crippen LogP contribution in [-0.2, 0) is 20.2 Å². The van der Waals surface area contributed by atoms with Gasteiger partial charge >= 0.3 is 29.6 Å². The first-order valence-electron chi connectivity index (χ1n) is 9.62. The average Bonchev–Trinajstić information content (AvgIpc) is 2.80. The molecular formula is C22H16N4NaO6S2+. The molecule has 2 N–H and O–H groups in total. The van der Waals surface area contributed by atoms with Crippen molar-refractivity contribution in [3.63, 3.8) is 0 Å². The number of benzene rings is 4. The van der Waals surface area contributed by atoms with E-state index in [1.54, 1.807) is 12.1 Å². The van der Waals surface area contributed by atoms with Gasteiger partial charge in [0.05, 0.1) is 22.0 Å². The maximum atomic E-state index is 11.9. The molecule has 0 spiro atoms. The number of fused-ring (bicyclic) bond motifs is 1. The van der Waals surface area contributed by atoms with Gasteiger partial charge in [-0.25, -0.2) is 0 Å². The minimum Gasteiger partial charge on any atom is -0.282 e. The molecule has 0 bridgehead atoms. The van der Waals surface area contributed by atoms with Gasteiger partial charge < -0.3 is 0 Å². The monoisotopic (exact) mass is 519 g/mol. The van der Waals surface area contributed by atoms with E-state index in [-0.39, 0.29) is 51.5 Å². The quantitative estimate of drug-likeness (QED) is 0.226. The second-order valence-corrected chi connectivity index (χ2v) is 9.81. The van der Waals surface area contributed by atoms with E-state index in [0.29, 0.717) is 5.69 Å². The number of nitrogens with zero attached hydrogens (tertiary/aromatic N) is 4. The van der Waals surface area contributed by atoms with E-state index in [1.807, 2.05) is 30.3 Å². The fourth-order valence-electron chi connectivity index (χ4n) is 3.06. The van der Waals surface area contributed by atoms with Crippen LogP contribution in [0.4, 0.5) is 22.7 Å². The van der Waals surface area contributed by atoms with Gasteiger partial charge in [0.1, 0.15) is 10.6 Å². The molecule has 13 heteroatoms. The zero-order chi connectivity index (χ0) is 24.3. The van der Waals surface area contributed by atoms with Crippen molar-refractivity contribution in [3.05, 3.63) is 84.9 Å². The van der Waals surface area contributed by atoms with Crippen LogP contribution in [-0.4, -0.2) is 25.9 Å². The van der Waals surface area contributed by atoms with Crippen LogP contribution >= 0.6 is 0 Å². The SMILES string of the molecule is O=S(=O)(O)c1ccc(N=Nc2ccc(N=Nc3cccc4ccccc34)c(S(=O)(=O)O)c2)cc1.[Na+]. The zero-order valence-electron chi connectivity index (χ0n) is 18.2. The zero-order valence-corrected chi connectivity index (χ0v) is 21.8. The Hall–Kier alpha value is -2.84. The Morgan fingerprint density at radius 1 is 0.571 bits per heavy atom. The predicted molar refractivity (Wildman–Crippen MR) is 125 cm³/mol. The Kier molecular flexibility index (Phi) is 8.28. The minimum atomic E-state index is -4.66. The second kappa shape index (κ2) is 10.8. The second-order valence-electron chi connectivity index (χ2n) is 6.99. The third kappa shape index (κ3) is 6.64. The maximum Gasteiger partial charge on any atom is 1.00 e. The van der Waals surface area contributed by atoms with E-state index in [4.69, 9.17) is 4.55 Å². The van der Waals surface area contributed by atoms with E-state index in [2.05, 4.69) is 20.5 Å². The van der Waals surface area contributed by atoms with E-state index in [9.17, 15) is 21.4 Å². The molecule has 0 radical (unpaired) electrons. The molecule has 172 valence electrons. The normalized spacial score (nSPS) is 12.3. The molecule has 0 aliphatic carbocycles. The van der Waals surface area contributed by atoms with Crippen molar-refractivity contribution >= 4 is 53.8 Å². The number of hydrogen-bond acceptors (Lipinski definition) is 8. The summed E-state index contributed by atoms with van der Waals surface area (Å²) >= 11 is 0. The van der Waals surface area contributed by atoms with Crippen molar-refractivity contribution in [2.24, 2.45) is 20.5 Å². The van der Waals surface area contributed by atoms with Crippen molar-refractivity contribution in [2.45, 2.75) is 9.79 Å². The van der Waals surface area contributed by atoms with Crippen LogP contribution in [0.5, 0.6) is 0 Å². The molecule has 10 nitrogen and oxygen atoms in total. The van der Waals surface area contributed by atoms with Crippen LogP contribution in [0.25, 0.3) is 10.8 Å². The summed E-state index contributed by atoms with van der Waals surface area (Å²) < 4.78 is 64.8. The average molecular weight is 520 g/mol. The van der Waals surface area contributed by atoms with Gasteiger partial charge in [-0.2, -0.15) is 27.1 Å². The van der Waals surface area contributed by atoms with E-state index in [1.165, 1.54) is 24.3 Å². The molecule has 0 saturated carbocycles. The van der Waals surface area contributed by atoms with E-state index in [0.717, 1.165) is 29.0 Å². The summed E-state index contributed by atoms with van der Waals surface area (Å²) in [6, 6.07) is 21.7. The van der Waals surface area contributed by atoms with E-state index < -0.39 is 25.1 Å². The van der Waals surface area contributed by atoms with Gasteiger partial charge in [-0.3, -0.25) is 9.11 Å². The molecule has 4 aromatic carbocycles. The fourth-order valence-corrected chi connectivity index (χ4v) is 4.18. The largest absolute Gasteiger partial charge is 1.00 e. The molecule has 0 atom stereocenters. The van der Waals surface area contributed by atoms with Gasteiger partial charge in [0.2, 0.25) is 0 Å². The molecular weight excluding hydrogens is 503 g/mol. The first-order valence-corrected chi connectivity index (χ1v) is 12.5. The Bertz CT molecular complexity index is 1650. The molecule has 0 unspecified atom stereocenters. The summed E-state index contributed by atoms with van der Waals surface area (Å²) in [6.45, 7) is 0. The summed E-state index contributed by atoms with van der Waals surface area (Å²) in [4.78, 5) is -0.810. The summed E-state index contributed by atoms with van der Waals surface area (Å²) in [5.41, 5.74) is 0.777. The smallest absolute Gasteiger partial charge is 0.282 e. The predicted octanol–water partition coefficient (Wildman–Crippen LogP) is 3.17. The number of hydrogen-bond donors (Lipinski definition) is 2. The molecule has 0 aliphatic rings. The maximum absolute atomic E-state index is 11.9. The van der Waals surface area contributed by atoms with Crippen LogP contribution in [0.2, 0.25) is 0 Å². The topological polar surface area (TPSA) is 158 Å². The molecule has 0 amide bonds. The van der Waals surface area contributed by atoms with Crippen LogP contribution < -0.4 is 29.6 Å².